The fourth-order valence-corrected chi connectivity index (χ4v) is 4.93. The van der Waals surface area contributed by atoms with Crippen molar-refractivity contribution in [3.05, 3.63) is 77.4 Å². The molecule has 0 unspecified atom stereocenters. The third-order valence-electron chi connectivity index (χ3n) is 3.67. The third kappa shape index (κ3) is 4.02. The highest BCUT2D eigenvalue weighted by Crippen LogP contribution is 2.28. The van der Waals surface area contributed by atoms with Crippen molar-refractivity contribution >= 4 is 38.6 Å². The number of nitrogens with one attached hydrogen (secondary N) is 1. The van der Waals surface area contributed by atoms with Crippen LogP contribution in [-0.4, -0.2) is 20.9 Å². The average molecular weight is 426 g/mol. The summed E-state index contributed by atoms with van der Waals surface area (Å²) < 4.78 is 68.0. The summed E-state index contributed by atoms with van der Waals surface area (Å²) in [5, 5.41) is 3.52. The topological polar surface area (TPSA) is 66.5 Å². The third-order valence-corrected chi connectivity index (χ3v) is 6.81. The van der Waals surface area contributed by atoms with Gasteiger partial charge < -0.3 is 5.32 Å². The molecule has 1 aromatic heterocycles. The maximum absolute atomic E-state index is 14.3. The van der Waals surface area contributed by atoms with Crippen molar-refractivity contribution in [3.63, 3.8) is 0 Å². The van der Waals surface area contributed by atoms with Crippen molar-refractivity contribution in [1.82, 2.24) is 0 Å². The molecular weight excluding hydrogens is 413 g/mol. The first kappa shape index (κ1) is 19.9. The zero-order valence-electron chi connectivity index (χ0n) is 14.1. The van der Waals surface area contributed by atoms with Crippen LogP contribution in [0.5, 0.6) is 0 Å². The molecule has 0 aliphatic heterocycles. The predicted molar refractivity (Wildman–Crippen MR) is 100 cm³/mol. The highest BCUT2D eigenvalue weighted by Gasteiger charge is 2.30. The van der Waals surface area contributed by atoms with Crippen LogP contribution in [0.25, 0.3) is 0 Å². The molecule has 0 radical (unpaired) electrons. The van der Waals surface area contributed by atoms with Crippen LogP contribution in [0.1, 0.15) is 0 Å². The Morgan fingerprint density at radius 3 is 2.18 bits per heavy atom. The normalized spacial score (nSPS) is 11.2. The number of carbonyl (C=O) groups excluding carboxylic acids is 1. The second kappa shape index (κ2) is 8.03. The first-order valence-corrected chi connectivity index (χ1v) is 10.2. The van der Waals surface area contributed by atoms with Gasteiger partial charge in [-0.2, -0.15) is 0 Å². The van der Waals surface area contributed by atoms with Gasteiger partial charge in [-0.05, 0) is 35.7 Å². The number of sulfonamides is 1. The highest BCUT2D eigenvalue weighted by atomic mass is 32.2. The Kier molecular flexibility index (Phi) is 5.71. The molecule has 0 aliphatic carbocycles. The molecule has 146 valence electrons. The first-order valence-electron chi connectivity index (χ1n) is 7.85. The van der Waals surface area contributed by atoms with Crippen molar-refractivity contribution in [2.24, 2.45) is 0 Å². The van der Waals surface area contributed by atoms with Crippen molar-refractivity contribution in [3.8, 4) is 0 Å². The van der Waals surface area contributed by atoms with Gasteiger partial charge in [0.05, 0.1) is 5.69 Å². The van der Waals surface area contributed by atoms with E-state index in [1.165, 1.54) is 35.7 Å². The second-order valence-corrected chi connectivity index (χ2v) is 8.58. The summed E-state index contributed by atoms with van der Waals surface area (Å²) >= 11 is 0.891. The lowest BCUT2D eigenvalue weighted by molar-refractivity contribution is -0.114. The van der Waals surface area contributed by atoms with E-state index in [0.717, 1.165) is 35.6 Å². The minimum absolute atomic E-state index is 0.111. The van der Waals surface area contributed by atoms with Crippen LogP contribution in [0.3, 0.4) is 0 Å². The van der Waals surface area contributed by atoms with E-state index >= 15 is 0 Å². The van der Waals surface area contributed by atoms with E-state index in [4.69, 9.17) is 0 Å². The number of carbonyl (C=O) groups is 1. The highest BCUT2D eigenvalue weighted by molar-refractivity contribution is 7.94. The molecule has 3 aromatic rings. The molecule has 1 N–H and O–H groups in total. The van der Waals surface area contributed by atoms with E-state index in [-0.39, 0.29) is 9.90 Å². The van der Waals surface area contributed by atoms with E-state index in [2.05, 4.69) is 0 Å². The zero-order valence-corrected chi connectivity index (χ0v) is 15.7. The summed E-state index contributed by atoms with van der Waals surface area (Å²) in [7, 11) is -4.28. The van der Waals surface area contributed by atoms with Gasteiger partial charge in [0, 0.05) is 0 Å². The van der Waals surface area contributed by atoms with Crippen LogP contribution in [0.2, 0.25) is 0 Å². The monoisotopic (exact) mass is 426 g/mol. The second-order valence-electron chi connectivity index (χ2n) is 5.54. The molecule has 0 saturated heterocycles. The van der Waals surface area contributed by atoms with Gasteiger partial charge in [0.15, 0.2) is 0 Å². The van der Waals surface area contributed by atoms with Gasteiger partial charge in [0.1, 0.15) is 33.9 Å². The summed E-state index contributed by atoms with van der Waals surface area (Å²) in [6.07, 6.45) is 0. The zero-order chi connectivity index (χ0) is 20.3. The number of hydrogen-bond acceptors (Lipinski definition) is 4. The average Bonchev–Trinajstić information content (AvgIpc) is 3.19. The molecule has 28 heavy (non-hydrogen) atoms. The number of benzene rings is 2. The van der Waals surface area contributed by atoms with Crippen LogP contribution in [0.4, 0.5) is 24.5 Å². The number of hydrogen-bond donors (Lipinski definition) is 1. The number of thiophene rings is 1. The Labute approximate surface area is 163 Å². The number of nitrogens with zero attached hydrogens (tertiary/aromatic N) is 1. The lowest BCUT2D eigenvalue weighted by atomic mass is 10.3. The fourth-order valence-electron chi connectivity index (χ4n) is 2.40. The van der Waals surface area contributed by atoms with Gasteiger partial charge in [-0.15, -0.1) is 11.3 Å². The van der Waals surface area contributed by atoms with E-state index in [9.17, 15) is 26.4 Å². The fraction of sp³-hybridized carbons (Fsp3) is 0.0556. The molecule has 10 heteroatoms. The quantitative estimate of drug-likeness (QED) is 0.648. The van der Waals surface area contributed by atoms with Gasteiger partial charge in [-0.1, -0.05) is 24.3 Å². The summed E-state index contributed by atoms with van der Waals surface area (Å²) in [4.78, 5) is 12.4. The molecule has 5 nitrogen and oxygen atoms in total. The largest absolute Gasteiger partial charge is 0.320 e. The van der Waals surface area contributed by atoms with Gasteiger partial charge in [-0.3, -0.25) is 9.10 Å². The predicted octanol–water partition coefficient (Wildman–Crippen LogP) is 4.00. The molecule has 0 fully saturated rings. The van der Waals surface area contributed by atoms with Gasteiger partial charge >= 0.3 is 0 Å². The van der Waals surface area contributed by atoms with Crippen molar-refractivity contribution in [2.75, 3.05) is 16.2 Å². The first-order chi connectivity index (χ1) is 13.3. The number of amides is 1. The Bertz CT molecular complexity index is 1080. The van der Waals surface area contributed by atoms with Gasteiger partial charge in [-0.25, -0.2) is 21.6 Å². The van der Waals surface area contributed by atoms with E-state index in [1.54, 1.807) is 0 Å². The summed E-state index contributed by atoms with van der Waals surface area (Å²) in [5.41, 5.74) is -1.07. The standard InChI is InChI=1S/C18H13F3N2O3S2/c19-12-5-1-2-8-15(12)23(28(25,26)17-9-4-10-27-17)11-16(24)22-18-13(20)6-3-7-14(18)21/h1-10H,11H2,(H,22,24). The van der Waals surface area contributed by atoms with Crippen LogP contribution in [-0.2, 0) is 14.8 Å². The maximum Gasteiger partial charge on any atom is 0.274 e. The Morgan fingerprint density at radius 2 is 1.57 bits per heavy atom. The molecule has 0 atom stereocenters. The van der Waals surface area contributed by atoms with Crippen molar-refractivity contribution in [2.45, 2.75) is 4.21 Å². The Morgan fingerprint density at radius 1 is 0.929 bits per heavy atom. The number of rotatable bonds is 6. The number of para-hydroxylation sites is 2. The summed E-state index contributed by atoms with van der Waals surface area (Å²) in [5.74, 6) is -3.95. The molecule has 1 amide bonds. The van der Waals surface area contributed by atoms with Crippen molar-refractivity contribution in [1.29, 1.82) is 0 Å². The van der Waals surface area contributed by atoms with Crippen molar-refractivity contribution < 1.29 is 26.4 Å². The maximum atomic E-state index is 14.3. The molecule has 0 bridgehead atoms. The van der Waals surface area contributed by atoms with Crippen LogP contribution >= 0.6 is 11.3 Å². The molecule has 0 spiro atoms. The number of anilines is 2. The smallest absolute Gasteiger partial charge is 0.274 e. The van der Waals surface area contributed by atoms with E-state index in [0.29, 0.717) is 4.31 Å². The lowest BCUT2D eigenvalue weighted by Crippen LogP contribution is -2.38. The van der Waals surface area contributed by atoms with E-state index in [1.807, 2.05) is 5.32 Å². The van der Waals surface area contributed by atoms with E-state index < -0.39 is 45.6 Å². The van der Waals surface area contributed by atoms with Crippen LogP contribution in [0.15, 0.2) is 64.2 Å². The molecule has 0 saturated carbocycles. The summed E-state index contributed by atoms with van der Waals surface area (Å²) in [6, 6.07) is 10.8. The SMILES string of the molecule is O=C(CN(c1ccccc1F)S(=O)(=O)c1cccs1)Nc1c(F)cccc1F. The minimum atomic E-state index is -4.28. The minimum Gasteiger partial charge on any atom is -0.320 e. The van der Waals surface area contributed by atoms with Gasteiger partial charge in [0.25, 0.3) is 10.0 Å². The number of halogens is 3. The van der Waals surface area contributed by atoms with Crippen LogP contribution in [0, 0.1) is 17.5 Å². The molecular formula is C18H13F3N2O3S2. The molecule has 0 aliphatic rings. The van der Waals surface area contributed by atoms with Crippen LogP contribution < -0.4 is 9.62 Å². The lowest BCUT2D eigenvalue weighted by Gasteiger charge is -2.23. The van der Waals surface area contributed by atoms with Gasteiger partial charge in [0.2, 0.25) is 5.91 Å². The molecule has 3 rings (SSSR count). The Balaban J connectivity index is 1.96. The molecule has 2 aromatic carbocycles. The molecule has 1 heterocycles. The Hall–Kier alpha value is -2.85. The summed E-state index contributed by atoms with van der Waals surface area (Å²) in [6.45, 7) is -0.880.